The maximum absolute atomic E-state index is 2.46. The van der Waals surface area contributed by atoms with Gasteiger partial charge in [-0.15, -0.1) is 0 Å². The van der Waals surface area contributed by atoms with Gasteiger partial charge in [-0.2, -0.15) is 0 Å². The average molecular weight is 264 g/mol. The number of benzene rings is 2. The third-order valence-electron chi connectivity index (χ3n) is 4.46. The Hall–Kier alpha value is -1.56. The lowest BCUT2D eigenvalue weighted by atomic mass is 9.84. The Kier molecular flexibility index (Phi) is 4.20. The van der Waals surface area contributed by atoms with E-state index in [0.717, 1.165) is 0 Å². The molecule has 104 valence electrons. The number of rotatable bonds is 5. The maximum Gasteiger partial charge on any atom is -0.0149 e. The van der Waals surface area contributed by atoms with Crippen LogP contribution in [0, 0.1) is 0 Å². The van der Waals surface area contributed by atoms with Gasteiger partial charge in [0.05, 0.1) is 0 Å². The molecule has 0 heterocycles. The van der Waals surface area contributed by atoms with Crippen LogP contribution in [0.5, 0.6) is 0 Å². The molecule has 2 aromatic carbocycles. The Bertz CT molecular complexity index is 580. The third kappa shape index (κ3) is 2.80. The molecule has 0 radical (unpaired) electrons. The first-order chi connectivity index (χ1) is 9.88. The van der Waals surface area contributed by atoms with E-state index < -0.39 is 0 Å². The van der Waals surface area contributed by atoms with Crippen molar-refractivity contribution in [3.8, 4) is 11.1 Å². The SMILES string of the molecule is CCCCCCc1ccc2c(c1)CCc1ccccc1-2. The van der Waals surface area contributed by atoms with Gasteiger partial charge in [0.2, 0.25) is 0 Å². The molecule has 20 heavy (non-hydrogen) atoms. The Labute approximate surface area is 122 Å². The van der Waals surface area contributed by atoms with E-state index in [2.05, 4.69) is 49.4 Å². The zero-order chi connectivity index (χ0) is 13.8. The van der Waals surface area contributed by atoms with Gasteiger partial charge in [0.1, 0.15) is 0 Å². The number of unbranched alkanes of at least 4 members (excludes halogenated alkanes) is 3. The number of aryl methyl sites for hydroxylation is 3. The van der Waals surface area contributed by atoms with Crippen molar-refractivity contribution < 1.29 is 0 Å². The van der Waals surface area contributed by atoms with Gasteiger partial charge in [0.15, 0.2) is 0 Å². The first kappa shape index (κ1) is 13.4. The molecule has 0 saturated heterocycles. The Morgan fingerprint density at radius 1 is 0.800 bits per heavy atom. The van der Waals surface area contributed by atoms with E-state index in [1.54, 1.807) is 5.56 Å². The van der Waals surface area contributed by atoms with Crippen molar-refractivity contribution in [1.82, 2.24) is 0 Å². The number of hydrogen-bond donors (Lipinski definition) is 0. The Morgan fingerprint density at radius 2 is 1.60 bits per heavy atom. The van der Waals surface area contributed by atoms with Gasteiger partial charge in [-0.05, 0) is 53.5 Å². The van der Waals surface area contributed by atoms with E-state index >= 15 is 0 Å². The van der Waals surface area contributed by atoms with Crippen molar-refractivity contribution in [2.75, 3.05) is 0 Å². The molecule has 0 saturated carbocycles. The van der Waals surface area contributed by atoms with Crippen molar-refractivity contribution in [2.45, 2.75) is 51.9 Å². The molecule has 0 heteroatoms. The number of hydrogen-bond acceptors (Lipinski definition) is 0. The second-order valence-electron chi connectivity index (χ2n) is 5.96. The zero-order valence-corrected chi connectivity index (χ0v) is 12.5. The standard InChI is InChI=1S/C20H24/c1-2-3-4-5-8-16-11-14-20-18(15-16)13-12-17-9-6-7-10-19(17)20/h6-7,9-11,14-15H,2-5,8,12-13H2,1H3. The van der Waals surface area contributed by atoms with Crippen LogP contribution in [0.15, 0.2) is 42.5 Å². The van der Waals surface area contributed by atoms with E-state index in [-0.39, 0.29) is 0 Å². The molecule has 0 aliphatic heterocycles. The minimum Gasteiger partial charge on any atom is -0.0654 e. The van der Waals surface area contributed by atoms with Crippen LogP contribution in [0.2, 0.25) is 0 Å². The molecule has 0 N–H and O–H groups in total. The molecule has 2 aromatic rings. The van der Waals surface area contributed by atoms with E-state index in [4.69, 9.17) is 0 Å². The van der Waals surface area contributed by atoms with Gasteiger partial charge in [-0.1, -0.05) is 68.7 Å². The highest BCUT2D eigenvalue weighted by atomic mass is 14.2. The molecule has 0 unspecified atom stereocenters. The molecular weight excluding hydrogens is 240 g/mol. The third-order valence-corrected chi connectivity index (χ3v) is 4.46. The molecule has 0 fully saturated rings. The quantitative estimate of drug-likeness (QED) is 0.619. The highest BCUT2D eigenvalue weighted by molar-refractivity contribution is 5.73. The zero-order valence-electron chi connectivity index (χ0n) is 12.5. The highest BCUT2D eigenvalue weighted by Crippen LogP contribution is 2.33. The monoisotopic (exact) mass is 264 g/mol. The molecule has 0 spiro atoms. The van der Waals surface area contributed by atoms with Crippen LogP contribution < -0.4 is 0 Å². The van der Waals surface area contributed by atoms with Crippen LogP contribution >= 0.6 is 0 Å². The van der Waals surface area contributed by atoms with Crippen molar-refractivity contribution in [3.63, 3.8) is 0 Å². The predicted molar refractivity (Wildman–Crippen MR) is 87.1 cm³/mol. The predicted octanol–water partition coefficient (Wildman–Crippen LogP) is 5.58. The van der Waals surface area contributed by atoms with E-state index in [1.807, 2.05) is 0 Å². The lowest BCUT2D eigenvalue weighted by molar-refractivity contribution is 0.666. The van der Waals surface area contributed by atoms with Gasteiger partial charge in [0, 0.05) is 0 Å². The average Bonchev–Trinajstić information content (AvgIpc) is 2.51. The van der Waals surface area contributed by atoms with Crippen molar-refractivity contribution >= 4 is 0 Å². The smallest absolute Gasteiger partial charge is 0.0149 e. The lowest BCUT2D eigenvalue weighted by Gasteiger charge is -2.20. The van der Waals surface area contributed by atoms with Crippen LogP contribution in [0.25, 0.3) is 11.1 Å². The molecule has 3 rings (SSSR count). The molecule has 0 aromatic heterocycles. The largest absolute Gasteiger partial charge is 0.0654 e. The van der Waals surface area contributed by atoms with Gasteiger partial charge in [-0.25, -0.2) is 0 Å². The fourth-order valence-corrected chi connectivity index (χ4v) is 3.30. The Balaban J connectivity index is 1.78. The van der Waals surface area contributed by atoms with E-state index in [0.29, 0.717) is 0 Å². The summed E-state index contributed by atoms with van der Waals surface area (Å²) < 4.78 is 0. The second kappa shape index (κ2) is 6.26. The summed E-state index contributed by atoms with van der Waals surface area (Å²) in [6, 6.07) is 16.0. The molecular formula is C20H24. The first-order valence-corrected chi connectivity index (χ1v) is 8.08. The summed E-state index contributed by atoms with van der Waals surface area (Å²) in [5.41, 5.74) is 7.50. The fraction of sp³-hybridized carbons (Fsp3) is 0.400. The Morgan fingerprint density at radius 3 is 2.50 bits per heavy atom. The van der Waals surface area contributed by atoms with Crippen molar-refractivity contribution in [1.29, 1.82) is 0 Å². The summed E-state index contributed by atoms with van der Waals surface area (Å²) in [5.74, 6) is 0. The molecule has 0 amide bonds. The van der Waals surface area contributed by atoms with Crippen molar-refractivity contribution in [2.24, 2.45) is 0 Å². The van der Waals surface area contributed by atoms with E-state index in [9.17, 15) is 0 Å². The van der Waals surface area contributed by atoms with E-state index in [1.165, 1.54) is 67.2 Å². The van der Waals surface area contributed by atoms with Crippen LogP contribution in [0.4, 0.5) is 0 Å². The summed E-state index contributed by atoms with van der Waals surface area (Å²) >= 11 is 0. The summed E-state index contributed by atoms with van der Waals surface area (Å²) in [6.45, 7) is 2.27. The van der Waals surface area contributed by atoms with Gasteiger partial charge < -0.3 is 0 Å². The van der Waals surface area contributed by atoms with Gasteiger partial charge in [0.25, 0.3) is 0 Å². The van der Waals surface area contributed by atoms with Crippen LogP contribution in [-0.2, 0) is 19.3 Å². The van der Waals surface area contributed by atoms with Crippen molar-refractivity contribution in [3.05, 3.63) is 59.2 Å². The maximum atomic E-state index is 2.46. The molecule has 1 aliphatic carbocycles. The molecule has 0 atom stereocenters. The highest BCUT2D eigenvalue weighted by Gasteiger charge is 2.15. The van der Waals surface area contributed by atoms with Crippen LogP contribution in [0.3, 0.4) is 0 Å². The van der Waals surface area contributed by atoms with Gasteiger partial charge >= 0.3 is 0 Å². The minimum absolute atomic E-state index is 1.20. The summed E-state index contributed by atoms with van der Waals surface area (Å²) in [5, 5.41) is 0. The molecule has 1 aliphatic rings. The van der Waals surface area contributed by atoms with Gasteiger partial charge in [-0.3, -0.25) is 0 Å². The minimum atomic E-state index is 1.20. The first-order valence-electron chi connectivity index (χ1n) is 8.08. The van der Waals surface area contributed by atoms with Crippen LogP contribution in [-0.4, -0.2) is 0 Å². The fourth-order valence-electron chi connectivity index (χ4n) is 3.30. The lowest BCUT2D eigenvalue weighted by Crippen LogP contribution is -2.04. The normalized spacial score (nSPS) is 12.8. The summed E-state index contributed by atoms with van der Waals surface area (Å²) in [6.07, 6.45) is 9.05. The number of fused-ring (bicyclic) bond motifs is 3. The summed E-state index contributed by atoms with van der Waals surface area (Å²) in [4.78, 5) is 0. The topological polar surface area (TPSA) is 0 Å². The molecule has 0 nitrogen and oxygen atoms in total. The molecule has 0 bridgehead atoms. The van der Waals surface area contributed by atoms with Crippen LogP contribution in [0.1, 0.15) is 49.3 Å². The second-order valence-corrected chi connectivity index (χ2v) is 5.96. The summed E-state index contributed by atoms with van der Waals surface area (Å²) in [7, 11) is 0.